The first kappa shape index (κ1) is 11.0. The van der Waals surface area contributed by atoms with Crippen LogP contribution >= 0.6 is 0 Å². The Hall–Kier alpha value is -0.120. The number of likely N-dealkylation sites (N-methyl/N-ethyl adjacent to an activating group) is 1. The Morgan fingerprint density at radius 2 is 2.31 bits per heavy atom. The van der Waals surface area contributed by atoms with E-state index in [1.165, 1.54) is 0 Å². The second kappa shape index (κ2) is 4.40. The molecule has 0 aromatic heterocycles. The molecule has 0 aliphatic carbocycles. The fraction of sp³-hybridized carbons (Fsp3) is 1.00. The molecule has 1 N–H and O–H groups in total. The van der Waals surface area contributed by atoms with Crippen LogP contribution in [0.4, 0.5) is 0 Å². The lowest BCUT2D eigenvalue weighted by molar-refractivity contribution is -0.0375. The van der Waals surface area contributed by atoms with Crippen molar-refractivity contribution in [1.29, 1.82) is 0 Å². The predicted molar refractivity (Wildman–Crippen MR) is 52.8 cm³/mol. The molecule has 1 aliphatic heterocycles. The Morgan fingerprint density at radius 3 is 2.77 bits per heavy atom. The monoisotopic (exact) mass is 187 g/mol. The molecule has 1 saturated heterocycles. The summed E-state index contributed by atoms with van der Waals surface area (Å²) in [6.45, 7) is 6.18. The summed E-state index contributed by atoms with van der Waals surface area (Å²) in [6.07, 6.45) is 1.84. The van der Waals surface area contributed by atoms with E-state index in [0.717, 1.165) is 26.0 Å². The van der Waals surface area contributed by atoms with Crippen molar-refractivity contribution < 1.29 is 9.84 Å². The van der Waals surface area contributed by atoms with E-state index in [0.29, 0.717) is 12.6 Å². The van der Waals surface area contributed by atoms with Crippen LogP contribution in [0.1, 0.15) is 26.7 Å². The summed E-state index contributed by atoms with van der Waals surface area (Å²) in [5.74, 6) is 0. The van der Waals surface area contributed by atoms with Crippen molar-refractivity contribution >= 4 is 0 Å². The van der Waals surface area contributed by atoms with Crippen molar-refractivity contribution in [3.63, 3.8) is 0 Å². The van der Waals surface area contributed by atoms with Crippen LogP contribution in [-0.2, 0) is 4.74 Å². The quantitative estimate of drug-likeness (QED) is 0.663. The van der Waals surface area contributed by atoms with Gasteiger partial charge in [-0.3, -0.25) is 0 Å². The molecule has 13 heavy (non-hydrogen) atoms. The lowest BCUT2D eigenvalue weighted by atomic mass is 10.0. The SMILES string of the molecule is CCCOCC1(O)CC(C)N(C)C1. The average Bonchev–Trinajstić information content (AvgIpc) is 2.27. The summed E-state index contributed by atoms with van der Waals surface area (Å²) < 4.78 is 5.39. The molecule has 0 spiro atoms. The van der Waals surface area contributed by atoms with E-state index in [1.54, 1.807) is 0 Å². The fourth-order valence-electron chi connectivity index (χ4n) is 1.90. The highest BCUT2D eigenvalue weighted by atomic mass is 16.5. The molecule has 78 valence electrons. The van der Waals surface area contributed by atoms with Crippen LogP contribution in [-0.4, -0.2) is 48.5 Å². The Kier molecular flexibility index (Phi) is 3.71. The molecular formula is C10H21NO2. The molecule has 0 bridgehead atoms. The molecule has 0 aromatic carbocycles. The van der Waals surface area contributed by atoms with E-state index in [4.69, 9.17) is 4.74 Å². The second-order valence-corrected chi connectivity index (χ2v) is 4.25. The minimum Gasteiger partial charge on any atom is -0.386 e. The summed E-state index contributed by atoms with van der Waals surface area (Å²) >= 11 is 0. The molecule has 2 atom stereocenters. The highest BCUT2D eigenvalue weighted by Gasteiger charge is 2.38. The molecule has 0 saturated carbocycles. The first-order valence-corrected chi connectivity index (χ1v) is 5.08. The lowest BCUT2D eigenvalue weighted by Gasteiger charge is -2.21. The number of likely N-dealkylation sites (tertiary alicyclic amines) is 1. The molecule has 3 nitrogen and oxygen atoms in total. The van der Waals surface area contributed by atoms with Gasteiger partial charge < -0.3 is 14.7 Å². The lowest BCUT2D eigenvalue weighted by Crippen LogP contribution is -2.37. The van der Waals surface area contributed by atoms with Gasteiger partial charge in [0.1, 0.15) is 5.60 Å². The van der Waals surface area contributed by atoms with Gasteiger partial charge in [-0.15, -0.1) is 0 Å². The maximum Gasteiger partial charge on any atom is 0.102 e. The third-order valence-electron chi connectivity index (χ3n) is 2.69. The van der Waals surface area contributed by atoms with Crippen molar-refractivity contribution in [3.8, 4) is 0 Å². The van der Waals surface area contributed by atoms with Gasteiger partial charge in [-0.2, -0.15) is 0 Å². The van der Waals surface area contributed by atoms with Crippen LogP contribution < -0.4 is 0 Å². The maximum absolute atomic E-state index is 10.1. The zero-order valence-electron chi connectivity index (χ0n) is 8.92. The fourth-order valence-corrected chi connectivity index (χ4v) is 1.90. The van der Waals surface area contributed by atoms with Gasteiger partial charge in [0.25, 0.3) is 0 Å². The van der Waals surface area contributed by atoms with Crippen molar-refractivity contribution in [2.75, 3.05) is 26.8 Å². The van der Waals surface area contributed by atoms with Gasteiger partial charge >= 0.3 is 0 Å². The van der Waals surface area contributed by atoms with Gasteiger partial charge in [0.2, 0.25) is 0 Å². The minimum absolute atomic E-state index is 0.468. The first-order chi connectivity index (χ1) is 6.07. The topological polar surface area (TPSA) is 32.7 Å². The van der Waals surface area contributed by atoms with E-state index in [1.807, 2.05) is 7.05 Å². The molecule has 1 aliphatic rings. The third-order valence-corrected chi connectivity index (χ3v) is 2.69. The smallest absolute Gasteiger partial charge is 0.102 e. The van der Waals surface area contributed by atoms with Gasteiger partial charge in [0, 0.05) is 19.2 Å². The molecule has 1 fully saturated rings. The molecular weight excluding hydrogens is 166 g/mol. The number of nitrogens with zero attached hydrogens (tertiary/aromatic N) is 1. The molecule has 0 amide bonds. The minimum atomic E-state index is -0.608. The standard InChI is InChI=1S/C10H21NO2/c1-4-5-13-8-10(12)6-9(2)11(3)7-10/h9,12H,4-8H2,1-3H3. The van der Waals surface area contributed by atoms with E-state index in [-0.39, 0.29) is 0 Å². The van der Waals surface area contributed by atoms with Crippen LogP contribution in [0, 0.1) is 0 Å². The second-order valence-electron chi connectivity index (χ2n) is 4.25. The summed E-state index contributed by atoms with van der Waals surface area (Å²) in [4.78, 5) is 2.18. The van der Waals surface area contributed by atoms with Crippen LogP contribution in [0.5, 0.6) is 0 Å². The molecule has 0 radical (unpaired) electrons. The van der Waals surface area contributed by atoms with Crippen LogP contribution in [0.3, 0.4) is 0 Å². The van der Waals surface area contributed by atoms with E-state index in [2.05, 4.69) is 18.7 Å². The Balaban J connectivity index is 2.31. The number of ether oxygens (including phenoxy) is 1. The highest BCUT2D eigenvalue weighted by Crippen LogP contribution is 2.25. The van der Waals surface area contributed by atoms with Crippen molar-refractivity contribution in [2.45, 2.75) is 38.3 Å². The van der Waals surface area contributed by atoms with Gasteiger partial charge in [0.15, 0.2) is 0 Å². The van der Waals surface area contributed by atoms with Crippen LogP contribution in [0.25, 0.3) is 0 Å². The number of hydrogen-bond donors (Lipinski definition) is 1. The van der Waals surface area contributed by atoms with Gasteiger partial charge in [-0.1, -0.05) is 6.92 Å². The predicted octanol–water partition coefficient (Wildman–Crippen LogP) is 0.868. The first-order valence-electron chi connectivity index (χ1n) is 5.08. The molecule has 3 heteroatoms. The number of hydrogen-bond acceptors (Lipinski definition) is 3. The molecule has 2 unspecified atom stereocenters. The number of aliphatic hydroxyl groups is 1. The Morgan fingerprint density at radius 1 is 1.62 bits per heavy atom. The number of rotatable bonds is 4. The van der Waals surface area contributed by atoms with E-state index < -0.39 is 5.60 Å². The summed E-state index contributed by atoms with van der Waals surface area (Å²) in [5, 5.41) is 10.1. The highest BCUT2D eigenvalue weighted by molar-refractivity contribution is 4.93. The molecule has 1 rings (SSSR count). The third kappa shape index (κ3) is 2.93. The average molecular weight is 187 g/mol. The van der Waals surface area contributed by atoms with Crippen molar-refractivity contribution in [2.24, 2.45) is 0 Å². The number of β-amino-alcohol motifs (C(OH)–C–C–N with tert-alkyl or cyclic N) is 1. The van der Waals surface area contributed by atoms with Crippen molar-refractivity contribution in [1.82, 2.24) is 4.90 Å². The van der Waals surface area contributed by atoms with Crippen LogP contribution in [0.2, 0.25) is 0 Å². The van der Waals surface area contributed by atoms with Gasteiger partial charge in [-0.25, -0.2) is 0 Å². The Bertz CT molecular complexity index is 151. The summed E-state index contributed by atoms with van der Waals surface area (Å²) in [7, 11) is 2.04. The maximum atomic E-state index is 10.1. The van der Waals surface area contributed by atoms with E-state index in [9.17, 15) is 5.11 Å². The largest absolute Gasteiger partial charge is 0.386 e. The zero-order valence-corrected chi connectivity index (χ0v) is 8.92. The molecule has 1 heterocycles. The summed E-state index contributed by atoms with van der Waals surface area (Å²) in [5.41, 5.74) is -0.608. The van der Waals surface area contributed by atoms with E-state index >= 15 is 0 Å². The van der Waals surface area contributed by atoms with Crippen LogP contribution in [0.15, 0.2) is 0 Å². The van der Waals surface area contributed by atoms with Gasteiger partial charge in [0.05, 0.1) is 6.61 Å². The molecule has 0 aromatic rings. The zero-order chi connectivity index (χ0) is 9.90. The normalized spacial score (nSPS) is 35.5. The summed E-state index contributed by atoms with van der Waals surface area (Å²) in [6, 6.07) is 0.468. The Labute approximate surface area is 80.7 Å². The van der Waals surface area contributed by atoms with Gasteiger partial charge in [-0.05, 0) is 26.8 Å². The van der Waals surface area contributed by atoms with Crippen molar-refractivity contribution in [3.05, 3.63) is 0 Å².